The summed E-state index contributed by atoms with van der Waals surface area (Å²) in [4.78, 5) is 17.1. The van der Waals surface area contributed by atoms with Crippen molar-refractivity contribution in [2.45, 2.75) is 5.66 Å². The number of benzene rings is 2. The summed E-state index contributed by atoms with van der Waals surface area (Å²) in [6.45, 7) is 0. The van der Waals surface area contributed by atoms with Crippen molar-refractivity contribution in [3.63, 3.8) is 0 Å². The average Bonchev–Trinajstić information content (AvgIpc) is 2.71. The van der Waals surface area contributed by atoms with Crippen molar-refractivity contribution < 1.29 is 18.7 Å². The third kappa shape index (κ3) is 3.68. The molecule has 10 heteroatoms. The molecule has 4 N–H and O–H groups in total. The highest BCUT2D eigenvalue weighted by molar-refractivity contribution is 6.34. The normalized spacial score (nSPS) is 18.2. The zero-order valence-electron chi connectivity index (χ0n) is 15.4. The molecule has 29 heavy (non-hydrogen) atoms. The molecule has 1 aliphatic heterocycles. The van der Waals surface area contributed by atoms with E-state index < -0.39 is 17.4 Å². The molecule has 7 nitrogen and oxygen atoms in total. The van der Waals surface area contributed by atoms with Crippen molar-refractivity contribution >= 4 is 46.4 Å². The molecule has 2 aromatic rings. The Kier molecular flexibility index (Phi) is 5.86. The van der Waals surface area contributed by atoms with Crippen LogP contribution in [-0.4, -0.2) is 31.7 Å². The lowest BCUT2D eigenvalue weighted by atomic mass is 10.1. The van der Waals surface area contributed by atoms with Crippen molar-refractivity contribution in [2.24, 2.45) is 4.99 Å². The molecule has 2 aromatic carbocycles. The lowest BCUT2D eigenvalue weighted by Crippen LogP contribution is -2.50. The van der Waals surface area contributed by atoms with Crippen LogP contribution >= 0.6 is 23.2 Å². The summed E-state index contributed by atoms with van der Waals surface area (Å²) in [5, 5.41) is 5.75. The van der Waals surface area contributed by atoms with Crippen LogP contribution in [-0.2, 0) is 9.53 Å². The minimum Gasteiger partial charge on any atom is -0.492 e. The number of carbonyl (C=O) groups is 1. The van der Waals surface area contributed by atoms with Gasteiger partial charge in [0.1, 0.15) is 5.84 Å². The molecule has 0 radical (unpaired) electrons. The molecule has 3 rings (SSSR count). The first-order valence-electron chi connectivity index (χ1n) is 8.30. The Labute approximate surface area is 176 Å². The fourth-order valence-corrected chi connectivity index (χ4v) is 3.21. The van der Waals surface area contributed by atoms with E-state index in [1.165, 1.54) is 32.6 Å². The van der Waals surface area contributed by atoms with Gasteiger partial charge >= 0.3 is 5.97 Å². The van der Waals surface area contributed by atoms with Crippen molar-refractivity contribution in [3.8, 4) is 5.75 Å². The Hall–Kier alpha value is -2.97. The van der Waals surface area contributed by atoms with Crippen LogP contribution in [0.4, 0.5) is 15.8 Å². The number of rotatable bonds is 5. The fraction of sp³-hybridized carbons (Fsp3) is 0.158. The number of nitrogens with two attached hydrogens (primary N) is 1. The minimum atomic E-state index is -1.88. The van der Waals surface area contributed by atoms with Gasteiger partial charge < -0.3 is 25.8 Å². The maximum absolute atomic E-state index is 14.9. The average molecular weight is 439 g/mol. The molecule has 0 spiro atoms. The molecule has 1 atom stereocenters. The monoisotopic (exact) mass is 438 g/mol. The summed E-state index contributed by atoms with van der Waals surface area (Å²) >= 11 is 12.3. The van der Waals surface area contributed by atoms with Gasteiger partial charge in [0.15, 0.2) is 11.6 Å². The second-order valence-corrected chi connectivity index (χ2v) is 6.77. The second-order valence-electron chi connectivity index (χ2n) is 5.95. The lowest BCUT2D eigenvalue weighted by Gasteiger charge is -2.32. The molecule has 0 aromatic heterocycles. The smallest absolute Gasteiger partial charge is 0.360 e. The predicted octanol–water partition coefficient (Wildman–Crippen LogP) is 3.48. The lowest BCUT2D eigenvalue weighted by molar-refractivity contribution is -0.144. The van der Waals surface area contributed by atoms with Crippen LogP contribution in [0.3, 0.4) is 0 Å². The largest absolute Gasteiger partial charge is 0.492 e. The van der Waals surface area contributed by atoms with Gasteiger partial charge in [0, 0.05) is 6.20 Å². The van der Waals surface area contributed by atoms with Gasteiger partial charge in [0.25, 0.3) is 5.66 Å². The number of para-hydroxylation sites is 2. The van der Waals surface area contributed by atoms with Gasteiger partial charge in [-0.2, -0.15) is 0 Å². The van der Waals surface area contributed by atoms with E-state index in [1.807, 2.05) is 0 Å². The maximum atomic E-state index is 14.9. The van der Waals surface area contributed by atoms with Gasteiger partial charge in [0.2, 0.25) is 0 Å². The van der Waals surface area contributed by atoms with E-state index in [0.29, 0.717) is 11.4 Å². The Morgan fingerprint density at radius 3 is 2.62 bits per heavy atom. The number of nitrogen functional groups attached to an aromatic ring is 1. The zero-order chi connectivity index (χ0) is 21.2. The van der Waals surface area contributed by atoms with E-state index in [-0.39, 0.29) is 27.2 Å². The first-order chi connectivity index (χ1) is 13.8. The van der Waals surface area contributed by atoms with Crippen molar-refractivity contribution in [1.29, 1.82) is 0 Å². The minimum absolute atomic E-state index is 0.00858. The van der Waals surface area contributed by atoms with E-state index in [2.05, 4.69) is 15.6 Å². The van der Waals surface area contributed by atoms with Gasteiger partial charge in [-0.15, -0.1) is 0 Å². The topological polar surface area (TPSA) is 98.0 Å². The van der Waals surface area contributed by atoms with Crippen LogP contribution in [0.15, 0.2) is 52.6 Å². The third-order valence-corrected chi connectivity index (χ3v) is 4.91. The van der Waals surface area contributed by atoms with Crippen LogP contribution < -0.4 is 21.1 Å². The van der Waals surface area contributed by atoms with Gasteiger partial charge in [-0.1, -0.05) is 35.3 Å². The molecule has 0 fully saturated rings. The quantitative estimate of drug-likeness (QED) is 0.488. The molecule has 0 saturated carbocycles. The zero-order valence-corrected chi connectivity index (χ0v) is 16.9. The summed E-state index contributed by atoms with van der Waals surface area (Å²) in [5.74, 6) is -1.72. The number of hydrogen-bond acceptors (Lipinski definition) is 7. The Morgan fingerprint density at radius 2 is 1.97 bits per heavy atom. The van der Waals surface area contributed by atoms with E-state index in [0.717, 1.165) is 0 Å². The number of halogens is 3. The highest BCUT2D eigenvalue weighted by atomic mass is 35.5. The molecule has 0 saturated heterocycles. The summed E-state index contributed by atoms with van der Waals surface area (Å²) < 4.78 is 24.8. The SMILES string of the molecule is COC(=O)C1(Nc2ccccc2N)N=C(c2ccc(Cl)c(OC)c2F)NC=C1Cl. The van der Waals surface area contributed by atoms with Gasteiger partial charge in [-0.05, 0) is 24.3 Å². The Balaban J connectivity index is 2.17. The van der Waals surface area contributed by atoms with Crippen molar-refractivity contribution in [2.75, 3.05) is 25.3 Å². The number of aliphatic imine (C=N–C) groups is 1. The Bertz CT molecular complexity index is 1030. The van der Waals surface area contributed by atoms with Crippen LogP contribution in [0.5, 0.6) is 5.75 Å². The second kappa shape index (κ2) is 8.18. The molecule has 1 unspecified atom stereocenters. The number of esters is 1. The fourth-order valence-electron chi connectivity index (χ4n) is 2.77. The van der Waals surface area contributed by atoms with E-state index >= 15 is 0 Å². The summed E-state index contributed by atoms with van der Waals surface area (Å²) in [5.41, 5.74) is 4.86. The first-order valence-corrected chi connectivity index (χ1v) is 9.05. The number of amidine groups is 1. The number of anilines is 2. The summed E-state index contributed by atoms with van der Waals surface area (Å²) in [6, 6.07) is 9.59. The molecule has 0 aliphatic carbocycles. The standard InChI is InChI=1S/C19H17Cl2FN4O3/c1-28-16-11(20)8-7-10(15(16)22)17-24-9-14(21)19(26-17,18(27)29-2)25-13-6-4-3-5-12(13)23/h3-9,25H,23H2,1-2H3,(H,24,26). The first kappa shape index (κ1) is 20.8. The number of hydrogen-bond donors (Lipinski definition) is 3. The summed E-state index contributed by atoms with van der Waals surface area (Å²) in [7, 11) is 2.48. The van der Waals surface area contributed by atoms with Crippen LogP contribution in [0.2, 0.25) is 5.02 Å². The molecule has 0 bridgehead atoms. The highest BCUT2D eigenvalue weighted by Crippen LogP contribution is 2.35. The van der Waals surface area contributed by atoms with E-state index in [9.17, 15) is 9.18 Å². The van der Waals surface area contributed by atoms with Gasteiger partial charge in [-0.3, -0.25) is 0 Å². The van der Waals surface area contributed by atoms with Crippen molar-refractivity contribution in [3.05, 3.63) is 64.0 Å². The predicted molar refractivity (Wildman–Crippen MR) is 111 cm³/mol. The highest BCUT2D eigenvalue weighted by Gasteiger charge is 2.46. The number of nitrogens with zero attached hydrogens (tertiary/aromatic N) is 1. The number of methoxy groups -OCH3 is 2. The number of carbonyl (C=O) groups excluding carboxylic acids is 1. The molecule has 0 amide bonds. The molecular formula is C19H17Cl2FN4O3. The van der Waals surface area contributed by atoms with E-state index in [1.54, 1.807) is 24.3 Å². The van der Waals surface area contributed by atoms with Crippen LogP contribution in [0, 0.1) is 5.82 Å². The molecular weight excluding hydrogens is 422 g/mol. The molecule has 152 valence electrons. The van der Waals surface area contributed by atoms with Crippen LogP contribution in [0.1, 0.15) is 5.56 Å². The van der Waals surface area contributed by atoms with Crippen LogP contribution in [0.25, 0.3) is 0 Å². The Morgan fingerprint density at radius 1 is 1.24 bits per heavy atom. The number of nitrogens with one attached hydrogen (secondary N) is 2. The van der Waals surface area contributed by atoms with Gasteiger partial charge in [-0.25, -0.2) is 14.2 Å². The van der Waals surface area contributed by atoms with E-state index in [4.69, 9.17) is 38.4 Å². The molecule has 1 aliphatic rings. The van der Waals surface area contributed by atoms with Gasteiger partial charge in [0.05, 0.1) is 41.2 Å². The third-order valence-electron chi connectivity index (χ3n) is 4.23. The summed E-state index contributed by atoms with van der Waals surface area (Å²) in [6.07, 6.45) is 1.31. The van der Waals surface area contributed by atoms with Crippen molar-refractivity contribution in [1.82, 2.24) is 5.32 Å². The number of ether oxygens (including phenoxy) is 2. The molecule has 1 heterocycles. The maximum Gasteiger partial charge on any atom is 0.360 e.